The predicted molar refractivity (Wildman–Crippen MR) is 83.2 cm³/mol. The number of hydrogen-bond donors (Lipinski definition) is 1. The number of anilines is 1. The number of aryl methyl sites for hydroxylation is 1. The van der Waals surface area contributed by atoms with E-state index in [9.17, 15) is 10.1 Å². The van der Waals surface area contributed by atoms with Crippen LogP contribution in [0.25, 0.3) is 5.65 Å². The monoisotopic (exact) mass is 317 g/mol. The molecule has 0 unspecified atom stereocenters. The molecule has 0 aromatic carbocycles. The normalized spacial score (nSPS) is 10.8. The van der Waals surface area contributed by atoms with E-state index < -0.39 is 4.92 Å². The van der Waals surface area contributed by atoms with E-state index in [0.29, 0.717) is 12.4 Å². The van der Waals surface area contributed by atoms with E-state index in [2.05, 4.69) is 15.3 Å². The van der Waals surface area contributed by atoms with Gasteiger partial charge in [-0.3, -0.25) is 10.1 Å². The number of hydrogen-bond acceptors (Lipinski definition) is 5. The number of aromatic nitrogens is 3. The number of nitrogens with zero attached hydrogens (tertiary/aromatic N) is 4. The van der Waals surface area contributed by atoms with Gasteiger partial charge >= 0.3 is 0 Å². The minimum atomic E-state index is -0.534. The van der Waals surface area contributed by atoms with E-state index in [-0.39, 0.29) is 10.7 Å². The van der Waals surface area contributed by atoms with Crippen molar-refractivity contribution in [3.63, 3.8) is 0 Å². The summed E-state index contributed by atoms with van der Waals surface area (Å²) in [5, 5.41) is 13.9. The predicted octanol–water partition coefficient (Wildman–Crippen LogP) is 3.21. The van der Waals surface area contributed by atoms with E-state index in [0.717, 1.165) is 17.0 Å². The van der Waals surface area contributed by atoms with Crippen LogP contribution in [0.15, 0.2) is 36.7 Å². The van der Waals surface area contributed by atoms with E-state index in [1.807, 2.05) is 35.7 Å². The van der Waals surface area contributed by atoms with Crippen LogP contribution >= 0.6 is 11.6 Å². The van der Waals surface area contributed by atoms with Crippen molar-refractivity contribution < 1.29 is 4.92 Å². The zero-order chi connectivity index (χ0) is 15.7. The molecule has 0 bridgehead atoms. The average molecular weight is 318 g/mol. The first-order valence-corrected chi connectivity index (χ1v) is 6.90. The van der Waals surface area contributed by atoms with E-state index in [1.165, 1.54) is 12.3 Å². The molecule has 0 amide bonds. The standard InChI is InChI=1S/C14H12ClN5O2/c1-9-3-2-4-13-18-10(8-19(9)13)6-16-14-12(15)5-11(7-17-14)20(21)22/h2-5,7-8H,6H2,1H3,(H,16,17). The van der Waals surface area contributed by atoms with Crippen LogP contribution < -0.4 is 5.32 Å². The fraction of sp³-hybridized carbons (Fsp3) is 0.143. The summed E-state index contributed by atoms with van der Waals surface area (Å²) in [5.74, 6) is 0.390. The molecular weight excluding hydrogens is 306 g/mol. The Kier molecular flexibility index (Phi) is 3.64. The second kappa shape index (κ2) is 5.61. The molecule has 0 fully saturated rings. The van der Waals surface area contributed by atoms with Gasteiger partial charge in [0.05, 0.1) is 22.2 Å². The highest BCUT2D eigenvalue weighted by Crippen LogP contribution is 2.24. The van der Waals surface area contributed by atoms with E-state index in [4.69, 9.17) is 11.6 Å². The van der Waals surface area contributed by atoms with Gasteiger partial charge in [-0.25, -0.2) is 9.97 Å². The third-order valence-electron chi connectivity index (χ3n) is 3.22. The van der Waals surface area contributed by atoms with Gasteiger partial charge in [-0.05, 0) is 19.1 Å². The van der Waals surface area contributed by atoms with E-state index >= 15 is 0 Å². The second-order valence-corrected chi connectivity index (χ2v) is 5.17. The largest absolute Gasteiger partial charge is 0.363 e. The summed E-state index contributed by atoms with van der Waals surface area (Å²) < 4.78 is 1.99. The molecule has 3 rings (SSSR count). The maximum absolute atomic E-state index is 10.6. The first-order valence-electron chi connectivity index (χ1n) is 6.52. The fourth-order valence-corrected chi connectivity index (χ4v) is 2.34. The lowest BCUT2D eigenvalue weighted by Gasteiger charge is -2.04. The third-order valence-corrected chi connectivity index (χ3v) is 3.51. The molecule has 7 nitrogen and oxygen atoms in total. The zero-order valence-corrected chi connectivity index (χ0v) is 12.4. The van der Waals surface area contributed by atoms with Crippen LogP contribution in [0.1, 0.15) is 11.4 Å². The Bertz CT molecular complexity index is 862. The highest BCUT2D eigenvalue weighted by molar-refractivity contribution is 6.33. The number of fused-ring (bicyclic) bond motifs is 1. The Morgan fingerprint density at radius 1 is 1.45 bits per heavy atom. The Hall–Kier alpha value is -2.67. The Morgan fingerprint density at radius 2 is 2.27 bits per heavy atom. The molecule has 8 heteroatoms. The second-order valence-electron chi connectivity index (χ2n) is 4.76. The van der Waals surface area contributed by atoms with Crippen molar-refractivity contribution >= 4 is 28.8 Å². The molecule has 0 spiro atoms. The van der Waals surface area contributed by atoms with Crippen molar-refractivity contribution in [2.45, 2.75) is 13.5 Å². The van der Waals surface area contributed by atoms with Crippen LogP contribution in [0.2, 0.25) is 5.02 Å². The summed E-state index contributed by atoms with van der Waals surface area (Å²) in [5.41, 5.74) is 2.63. The third kappa shape index (κ3) is 2.71. The summed E-state index contributed by atoms with van der Waals surface area (Å²) >= 11 is 5.99. The van der Waals surface area contributed by atoms with Gasteiger partial charge in [0.25, 0.3) is 5.69 Å². The number of imidazole rings is 1. The van der Waals surface area contributed by atoms with Crippen LogP contribution in [-0.2, 0) is 6.54 Å². The van der Waals surface area contributed by atoms with Gasteiger partial charge in [-0.2, -0.15) is 0 Å². The molecule has 0 radical (unpaired) electrons. The molecule has 112 valence electrons. The highest BCUT2D eigenvalue weighted by Gasteiger charge is 2.11. The quantitative estimate of drug-likeness (QED) is 0.590. The lowest BCUT2D eigenvalue weighted by Crippen LogP contribution is -2.03. The molecule has 22 heavy (non-hydrogen) atoms. The minimum Gasteiger partial charge on any atom is -0.363 e. The molecule has 0 aliphatic heterocycles. The smallest absolute Gasteiger partial charge is 0.289 e. The van der Waals surface area contributed by atoms with Gasteiger partial charge in [0.1, 0.15) is 17.7 Å². The van der Waals surface area contributed by atoms with Gasteiger partial charge in [0, 0.05) is 18.0 Å². The van der Waals surface area contributed by atoms with Crippen molar-refractivity contribution in [1.82, 2.24) is 14.4 Å². The van der Waals surface area contributed by atoms with Crippen LogP contribution in [0.4, 0.5) is 11.5 Å². The van der Waals surface area contributed by atoms with Crippen molar-refractivity contribution in [3.8, 4) is 0 Å². The van der Waals surface area contributed by atoms with Crippen molar-refractivity contribution in [2.75, 3.05) is 5.32 Å². The molecule has 0 aliphatic carbocycles. The SMILES string of the molecule is Cc1cccc2nc(CNc3ncc([N+](=O)[O-])cc3Cl)cn12. The Labute approximate surface area is 130 Å². The van der Waals surface area contributed by atoms with Gasteiger partial charge in [-0.1, -0.05) is 17.7 Å². The van der Waals surface area contributed by atoms with Crippen LogP contribution in [0.3, 0.4) is 0 Å². The van der Waals surface area contributed by atoms with Crippen molar-refractivity contribution in [3.05, 3.63) is 63.2 Å². The molecule has 3 aromatic heterocycles. The first kappa shape index (κ1) is 14.3. The molecule has 0 saturated carbocycles. The maximum Gasteiger partial charge on any atom is 0.289 e. The minimum absolute atomic E-state index is 0.140. The number of nitro groups is 1. The van der Waals surface area contributed by atoms with Crippen LogP contribution in [0.5, 0.6) is 0 Å². The first-order chi connectivity index (χ1) is 10.5. The summed E-state index contributed by atoms with van der Waals surface area (Å²) in [6.45, 7) is 2.42. The fourth-order valence-electron chi connectivity index (χ4n) is 2.12. The summed E-state index contributed by atoms with van der Waals surface area (Å²) in [4.78, 5) is 18.6. The number of halogens is 1. The summed E-state index contributed by atoms with van der Waals surface area (Å²) in [6, 6.07) is 7.14. The van der Waals surface area contributed by atoms with E-state index in [1.54, 1.807) is 0 Å². The Balaban J connectivity index is 1.79. The lowest BCUT2D eigenvalue weighted by atomic mass is 10.4. The molecule has 0 atom stereocenters. The maximum atomic E-state index is 10.6. The lowest BCUT2D eigenvalue weighted by molar-refractivity contribution is -0.385. The topological polar surface area (TPSA) is 85.4 Å². The van der Waals surface area contributed by atoms with Gasteiger partial charge in [-0.15, -0.1) is 0 Å². The van der Waals surface area contributed by atoms with Gasteiger partial charge in [0.2, 0.25) is 0 Å². The molecule has 1 N–H and O–H groups in total. The summed E-state index contributed by atoms with van der Waals surface area (Å²) in [7, 11) is 0. The molecule has 0 saturated heterocycles. The molecular formula is C14H12ClN5O2. The van der Waals surface area contributed by atoms with Crippen molar-refractivity contribution in [1.29, 1.82) is 0 Å². The van der Waals surface area contributed by atoms with Crippen LogP contribution in [0, 0.1) is 17.0 Å². The average Bonchev–Trinajstić information content (AvgIpc) is 2.90. The number of nitrogens with one attached hydrogen (secondary N) is 1. The van der Waals surface area contributed by atoms with Crippen molar-refractivity contribution in [2.24, 2.45) is 0 Å². The number of pyridine rings is 2. The molecule has 3 aromatic rings. The Morgan fingerprint density at radius 3 is 2.95 bits per heavy atom. The van der Waals surface area contributed by atoms with Gasteiger partial charge < -0.3 is 9.72 Å². The zero-order valence-electron chi connectivity index (χ0n) is 11.7. The highest BCUT2D eigenvalue weighted by atomic mass is 35.5. The van der Waals surface area contributed by atoms with Crippen LogP contribution in [-0.4, -0.2) is 19.3 Å². The number of rotatable bonds is 4. The van der Waals surface area contributed by atoms with Gasteiger partial charge in [0.15, 0.2) is 0 Å². The summed E-state index contributed by atoms with van der Waals surface area (Å²) in [6.07, 6.45) is 3.10. The molecule has 0 aliphatic rings. The molecule has 3 heterocycles.